The van der Waals surface area contributed by atoms with Crippen molar-refractivity contribution in [1.29, 1.82) is 0 Å². The second-order valence-electron chi connectivity index (χ2n) is 6.52. The van der Waals surface area contributed by atoms with Gasteiger partial charge in [0.1, 0.15) is 5.60 Å². The lowest BCUT2D eigenvalue weighted by Gasteiger charge is -2.32. The molecule has 0 saturated carbocycles. The topological polar surface area (TPSA) is 50.8 Å². The van der Waals surface area contributed by atoms with Gasteiger partial charge in [-0.2, -0.15) is 0 Å². The summed E-state index contributed by atoms with van der Waals surface area (Å²) >= 11 is 0. The second kappa shape index (κ2) is 8.11. The van der Waals surface area contributed by atoms with Crippen molar-refractivity contribution in [2.75, 3.05) is 39.9 Å². The van der Waals surface area contributed by atoms with Crippen LogP contribution >= 0.6 is 0 Å². The number of likely N-dealkylation sites (tertiary alicyclic amines) is 1. The maximum absolute atomic E-state index is 12.1. The van der Waals surface area contributed by atoms with Crippen LogP contribution in [-0.4, -0.2) is 62.4 Å². The van der Waals surface area contributed by atoms with E-state index in [2.05, 4.69) is 17.3 Å². The molecule has 0 spiro atoms. The molecule has 2 rings (SSSR count). The summed E-state index contributed by atoms with van der Waals surface area (Å²) in [5.41, 5.74) is -0.618. The van der Waals surface area contributed by atoms with Gasteiger partial charge in [0.2, 0.25) is 0 Å². The van der Waals surface area contributed by atoms with E-state index in [1.807, 2.05) is 6.92 Å². The predicted octanol–water partition coefficient (Wildman–Crippen LogP) is 1.56. The van der Waals surface area contributed by atoms with Crippen molar-refractivity contribution in [3.8, 4) is 0 Å². The Morgan fingerprint density at radius 3 is 2.81 bits per heavy atom. The molecular weight excluding hydrogens is 268 g/mol. The van der Waals surface area contributed by atoms with Gasteiger partial charge in [-0.05, 0) is 52.5 Å². The number of rotatable bonds is 6. The van der Waals surface area contributed by atoms with Gasteiger partial charge in [0.25, 0.3) is 5.91 Å². The summed E-state index contributed by atoms with van der Waals surface area (Å²) in [5, 5.41) is 2.99. The summed E-state index contributed by atoms with van der Waals surface area (Å²) in [6.07, 6.45) is 6.47. The SMILES string of the molecule is CN1CCC(OCCCNC(=O)[C@]2(C)CCCCO2)CC1. The minimum atomic E-state index is -0.618. The quantitative estimate of drug-likeness (QED) is 0.756. The molecule has 5 nitrogen and oxygen atoms in total. The third kappa shape index (κ3) is 5.24. The Kier molecular flexibility index (Phi) is 6.45. The van der Waals surface area contributed by atoms with Crippen LogP contribution in [0.2, 0.25) is 0 Å². The Morgan fingerprint density at radius 2 is 2.14 bits per heavy atom. The zero-order valence-corrected chi connectivity index (χ0v) is 13.5. The summed E-state index contributed by atoms with van der Waals surface area (Å²) in [5.74, 6) is 0.0292. The molecule has 0 aromatic rings. The minimum absolute atomic E-state index is 0.0292. The predicted molar refractivity (Wildman–Crippen MR) is 82.3 cm³/mol. The standard InChI is InChI=1S/C16H30N2O3/c1-16(8-3-4-13-21-16)15(19)17-9-5-12-20-14-6-10-18(2)11-7-14/h14H,3-13H2,1-2H3,(H,17,19)/t16-/m0/s1. The van der Waals surface area contributed by atoms with Gasteiger partial charge in [0, 0.05) is 32.8 Å². The summed E-state index contributed by atoms with van der Waals surface area (Å²) in [6, 6.07) is 0. The third-order valence-electron chi connectivity index (χ3n) is 4.57. The normalized spacial score (nSPS) is 28.5. The van der Waals surface area contributed by atoms with Crippen LogP contribution in [0.25, 0.3) is 0 Å². The average Bonchev–Trinajstić information content (AvgIpc) is 2.49. The van der Waals surface area contributed by atoms with Crippen molar-refractivity contribution in [3.63, 3.8) is 0 Å². The number of ether oxygens (including phenoxy) is 2. The van der Waals surface area contributed by atoms with E-state index in [9.17, 15) is 4.79 Å². The van der Waals surface area contributed by atoms with E-state index in [0.29, 0.717) is 19.3 Å². The Morgan fingerprint density at radius 1 is 1.38 bits per heavy atom. The van der Waals surface area contributed by atoms with Crippen LogP contribution in [0, 0.1) is 0 Å². The molecule has 1 amide bonds. The van der Waals surface area contributed by atoms with E-state index in [-0.39, 0.29) is 5.91 Å². The maximum Gasteiger partial charge on any atom is 0.251 e. The van der Waals surface area contributed by atoms with E-state index in [4.69, 9.17) is 9.47 Å². The molecule has 2 aliphatic rings. The first-order chi connectivity index (χ1) is 10.1. The molecule has 0 bridgehead atoms. The molecule has 2 heterocycles. The molecule has 0 radical (unpaired) electrons. The number of nitrogens with one attached hydrogen (secondary N) is 1. The largest absolute Gasteiger partial charge is 0.378 e. The summed E-state index contributed by atoms with van der Waals surface area (Å²) in [7, 11) is 2.15. The molecule has 0 aliphatic carbocycles. The highest BCUT2D eigenvalue weighted by atomic mass is 16.5. The fourth-order valence-electron chi connectivity index (χ4n) is 2.98. The van der Waals surface area contributed by atoms with Crippen molar-refractivity contribution in [2.24, 2.45) is 0 Å². The molecule has 0 aromatic carbocycles. The number of amides is 1. The minimum Gasteiger partial charge on any atom is -0.378 e. The summed E-state index contributed by atoms with van der Waals surface area (Å²) in [6.45, 7) is 6.24. The van der Waals surface area contributed by atoms with Crippen LogP contribution in [-0.2, 0) is 14.3 Å². The molecule has 1 N–H and O–H groups in total. The van der Waals surface area contributed by atoms with E-state index in [1.54, 1.807) is 0 Å². The van der Waals surface area contributed by atoms with E-state index >= 15 is 0 Å². The van der Waals surface area contributed by atoms with Gasteiger partial charge in [-0.1, -0.05) is 0 Å². The van der Waals surface area contributed by atoms with Crippen LogP contribution in [0.3, 0.4) is 0 Å². The Bertz CT molecular complexity index is 321. The van der Waals surface area contributed by atoms with Gasteiger partial charge >= 0.3 is 0 Å². The molecule has 2 saturated heterocycles. The van der Waals surface area contributed by atoms with Crippen molar-refractivity contribution >= 4 is 5.91 Å². The van der Waals surface area contributed by atoms with E-state index in [0.717, 1.165) is 58.2 Å². The summed E-state index contributed by atoms with van der Waals surface area (Å²) in [4.78, 5) is 14.5. The first-order valence-electron chi connectivity index (χ1n) is 8.32. The Balaban J connectivity index is 1.54. The molecule has 2 fully saturated rings. The third-order valence-corrected chi connectivity index (χ3v) is 4.57. The number of carbonyl (C=O) groups is 1. The summed E-state index contributed by atoms with van der Waals surface area (Å²) < 4.78 is 11.5. The van der Waals surface area contributed by atoms with Gasteiger partial charge in [0.15, 0.2) is 0 Å². The molecule has 21 heavy (non-hydrogen) atoms. The lowest BCUT2D eigenvalue weighted by Crippen LogP contribution is -2.48. The highest BCUT2D eigenvalue weighted by molar-refractivity contribution is 5.84. The van der Waals surface area contributed by atoms with Crippen molar-refractivity contribution < 1.29 is 14.3 Å². The first kappa shape index (κ1) is 16.7. The number of piperidine rings is 1. The van der Waals surface area contributed by atoms with Crippen molar-refractivity contribution in [2.45, 2.75) is 57.2 Å². The van der Waals surface area contributed by atoms with Crippen LogP contribution < -0.4 is 5.32 Å². The van der Waals surface area contributed by atoms with Gasteiger partial charge in [-0.15, -0.1) is 0 Å². The average molecular weight is 298 g/mol. The molecule has 0 aromatic heterocycles. The van der Waals surface area contributed by atoms with Crippen LogP contribution in [0.1, 0.15) is 45.4 Å². The fourth-order valence-corrected chi connectivity index (χ4v) is 2.98. The maximum atomic E-state index is 12.1. The molecule has 5 heteroatoms. The van der Waals surface area contributed by atoms with Gasteiger partial charge < -0.3 is 19.7 Å². The number of carbonyl (C=O) groups excluding carboxylic acids is 1. The zero-order chi connectivity index (χ0) is 15.1. The molecular formula is C16H30N2O3. The van der Waals surface area contributed by atoms with Crippen LogP contribution in [0.5, 0.6) is 0 Å². The van der Waals surface area contributed by atoms with Gasteiger partial charge in [-0.3, -0.25) is 4.79 Å². The highest BCUT2D eigenvalue weighted by Gasteiger charge is 2.35. The van der Waals surface area contributed by atoms with Crippen LogP contribution in [0.15, 0.2) is 0 Å². The molecule has 2 aliphatic heterocycles. The second-order valence-corrected chi connectivity index (χ2v) is 6.52. The van der Waals surface area contributed by atoms with Crippen molar-refractivity contribution in [1.82, 2.24) is 10.2 Å². The van der Waals surface area contributed by atoms with Gasteiger partial charge in [0.05, 0.1) is 6.10 Å². The molecule has 0 unspecified atom stereocenters. The van der Waals surface area contributed by atoms with E-state index in [1.165, 1.54) is 0 Å². The van der Waals surface area contributed by atoms with Crippen LogP contribution in [0.4, 0.5) is 0 Å². The van der Waals surface area contributed by atoms with E-state index < -0.39 is 5.60 Å². The molecule has 122 valence electrons. The lowest BCUT2D eigenvalue weighted by atomic mass is 9.95. The number of nitrogens with zero attached hydrogens (tertiary/aromatic N) is 1. The highest BCUT2D eigenvalue weighted by Crippen LogP contribution is 2.24. The first-order valence-corrected chi connectivity index (χ1v) is 8.32. The lowest BCUT2D eigenvalue weighted by molar-refractivity contribution is -0.150. The zero-order valence-electron chi connectivity index (χ0n) is 13.5. The number of hydrogen-bond donors (Lipinski definition) is 1. The van der Waals surface area contributed by atoms with Gasteiger partial charge in [-0.25, -0.2) is 0 Å². The molecule has 1 atom stereocenters. The monoisotopic (exact) mass is 298 g/mol. The number of hydrogen-bond acceptors (Lipinski definition) is 4. The fraction of sp³-hybridized carbons (Fsp3) is 0.938. The Labute approximate surface area is 128 Å². The smallest absolute Gasteiger partial charge is 0.251 e. The van der Waals surface area contributed by atoms with Crippen molar-refractivity contribution in [3.05, 3.63) is 0 Å². The Hall–Kier alpha value is -0.650.